The average molecular weight is 410 g/mol. The van der Waals surface area contributed by atoms with Gasteiger partial charge in [-0.1, -0.05) is 11.6 Å². The summed E-state index contributed by atoms with van der Waals surface area (Å²) < 4.78 is 5.48. The second kappa shape index (κ2) is 9.71. The summed E-state index contributed by atoms with van der Waals surface area (Å²) in [4.78, 5) is 24.5. The Hall–Kier alpha value is -2.12. The molecule has 1 aliphatic heterocycles. The molecule has 0 aromatic heterocycles. The van der Waals surface area contributed by atoms with Crippen molar-refractivity contribution < 1.29 is 14.3 Å². The van der Waals surface area contributed by atoms with Gasteiger partial charge in [0.15, 0.2) is 0 Å². The molecule has 0 bridgehead atoms. The van der Waals surface area contributed by atoms with Crippen molar-refractivity contribution in [1.29, 1.82) is 0 Å². The number of ether oxygens (including phenoxy) is 1. The van der Waals surface area contributed by atoms with Gasteiger partial charge in [-0.25, -0.2) is 0 Å². The molecule has 8 heteroatoms. The van der Waals surface area contributed by atoms with E-state index in [1.54, 1.807) is 48.5 Å². The van der Waals surface area contributed by atoms with Gasteiger partial charge in [-0.05, 0) is 55.5 Å². The Morgan fingerprint density at radius 2 is 1.63 bits per heavy atom. The van der Waals surface area contributed by atoms with E-state index in [-0.39, 0.29) is 36.4 Å². The van der Waals surface area contributed by atoms with Gasteiger partial charge in [0.05, 0.1) is 12.7 Å². The number of nitrogens with one attached hydrogen (secondary N) is 3. The normalized spacial score (nSPS) is 18.9. The van der Waals surface area contributed by atoms with E-state index in [2.05, 4.69) is 16.0 Å². The van der Waals surface area contributed by atoms with E-state index in [0.29, 0.717) is 35.1 Å². The van der Waals surface area contributed by atoms with Crippen LogP contribution in [0.5, 0.6) is 0 Å². The van der Waals surface area contributed by atoms with Crippen LogP contribution < -0.4 is 16.0 Å². The zero-order valence-electron chi connectivity index (χ0n) is 14.7. The van der Waals surface area contributed by atoms with Crippen LogP contribution in [0.3, 0.4) is 0 Å². The van der Waals surface area contributed by atoms with Gasteiger partial charge >= 0.3 is 0 Å². The number of carbonyl (C=O) groups is 2. The summed E-state index contributed by atoms with van der Waals surface area (Å²) in [5.74, 6) is -0.369. The molecular formula is C19H21Cl2N3O3. The quantitative estimate of drug-likeness (QED) is 0.723. The van der Waals surface area contributed by atoms with Gasteiger partial charge in [0.25, 0.3) is 5.91 Å². The largest absolute Gasteiger partial charge is 0.375 e. The van der Waals surface area contributed by atoms with Crippen LogP contribution in [0.1, 0.15) is 17.3 Å². The Bertz CT molecular complexity index is 782. The van der Waals surface area contributed by atoms with Crippen molar-refractivity contribution in [3.63, 3.8) is 0 Å². The van der Waals surface area contributed by atoms with Crippen LogP contribution in [0.2, 0.25) is 5.02 Å². The average Bonchev–Trinajstić information content (AvgIpc) is 2.64. The third kappa shape index (κ3) is 5.68. The number of rotatable bonds is 4. The lowest BCUT2D eigenvalue weighted by atomic mass is 10.1. The fraction of sp³-hybridized carbons (Fsp3) is 0.263. The van der Waals surface area contributed by atoms with Gasteiger partial charge < -0.3 is 20.7 Å². The molecule has 2 aromatic rings. The fourth-order valence-electron chi connectivity index (χ4n) is 2.69. The summed E-state index contributed by atoms with van der Waals surface area (Å²) in [6.45, 7) is 3.12. The minimum atomic E-state index is -0.381. The van der Waals surface area contributed by atoms with E-state index >= 15 is 0 Å². The molecule has 0 aliphatic carbocycles. The highest BCUT2D eigenvalue weighted by Crippen LogP contribution is 2.17. The summed E-state index contributed by atoms with van der Waals surface area (Å²) in [6, 6.07) is 13.2. The topological polar surface area (TPSA) is 79.5 Å². The summed E-state index contributed by atoms with van der Waals surface area (Å²) in [6.07, 6.45) is -0.179. The summed E-state index contributed by atoms with van der Waals surface area (Å²) in [5.41, 5.74) is 1.80. The van der Waals surface area contributed by atoms with Gasteiger partial charge in [-0.2, -0.15) is 0 Å². The predicted octanol–water partition coefficient (Wildman–Crippen LogP) is 3.33. The number of benzene rings is 2. The van der Waals surface area contributed by atoms with E-state index in [9.17, 15) is 9.59 Å². The minimum absolute atomic E-state index is 0. The molecule has 2 atom stereocenters. The van der Waals surface area contributed by atoms with Gasteiger partial charge in [-0.3, -0.25) is 9.59 Å². The Morgan fingerprint density at radius 1 is 1.04 bits per heavy atom. The molecule has 3 rings (SSSR count). The smallest absolute Gasteiger partial charge is 0.255 e. The number of anilines is 2. The van der Waals surface area contributed by atoms with E-state index in [1.807, 2.05) is 6.92 Å². The van der Waals surface area contributed by atoms with Crippen LogP contribution in [0, 0.1) is 0 Å². The molecule has 0 saturated carbocycles. The van der Waals surface area contributed by atoms with Crippen molar-refractivity contribution in [3.05, 3.63) is 59.1 Å². The fourth-order valence-corrected chi connectivity index (χ4v) is 2.81. The maximum absolute atomic E-state index is 12.3. The first-order chi connectivity index (χ1) is 12.5. The highest BCUT2D eigenvalue weighted by Gasteiger charge is 2.28. The molecule has 2 aromatic carbocycles. The molecule has 144 valence electrons. The summed E-state index contributed by atoms with van der Waals surface area (Å²) >= 11 is 5.82. The summed E-state index contributed by atoms with van der Waals surface area (Å²) in [7, 11) is 0. The van der Waals surface area contributed by atoms with E-state index in [1.165, 1.54) is 0 Å². The molecule has 0 spiro atoms. The van der Waals surface area contributed by atoms with Crippen LogP contribution in [0.4, 0.5) is 11.4 Å². The van der Waals surface area contributed by atoms with Gasteiger partial charge in [0, 0.05) is 28.5 Å². The van der Waals surface area contributed by atoms with Crippen molar-refractivity contribution >= 4 is 47.2 Å². The maximum Gasteiger partial charge on any atom is 0.255 e. The predicted molar refractivity (Wildman–Crippen MR) is 109 cm³/mol. The number of hydrogen-bond acceptors (Lipinski definition) is 4. The molecule has 0 radical (unpaired) electrons. The third-order valence-corrected chi connectivity index (χ3v) is 4.37. The first-order valence-electron chi connectivity index (χ1n) is 8.36. The highest BCUT2D eigenvalue weighted by atomic mass is 35.5. The summed E-state index contributed by atoms with van der Waals surface area (Å²) in [5, 5.41) is 9.38. The van der Waals surface area contributed by atoms with Gasteiger partial charge in [0.2, 0.25) is 5.91 Å². The lowest BCUT2D eigenvalue weighted by Gasteiger charge is -2.29. The molecule has 1 fully saturated rings. The minimum Gasteiger partial charge on any atom is -0.375 e. The number of carbonyl (C=O) groups excluding carboxylic acids is 2. The molecular weight excluding hydrogens is 389 g/mol. The van der Waals surface area contributed by atoms with Crippen molar-refractivity contribution in [3.8, 4) is 0 Å². The number of hydrogen-bond donors (Lipinski definition) is 3. The second-order valence-electron chi connectivity index (χ2n) is 6.04. The molecule has 27 heavy (non-hydrogen) atoms. The van der Waals surface area contributed by atoms with E-state index in [4.69, 9.17) is 16.3 Å². The molecule has 1 heterocycles. The Kier molecular flexibility index (Phi) is 7.62. The molecule has 3 N–H and O–H groups in total. The van der Waals surface area contributed by atoms with Gasteiger partial charge in [-0.15, -0.1) is 12.4 Å². The third-order valence-electron chi connectivity index (χ3n) is 4.12. The number of morpholine rings is 1. The van der Waals surface area contributed by atoms with Gasteiger partial charge in [0.1, 0.15) is 6.04 Å². The second-order valence-corrected chi connectivity index (χ2v) is 6.47. The lowest BCUT2D eigenvalue weighted by molar-refractivity contribution is -0.123. The van der Waals surface area contributed by atoms with E-state index < -0.39 is 0 Å². The Morgan fingerprint density at radius 3 is 2.22 bits per heavy atom. The standard InChI is InChI=1S/C19H20ClN3O3.ClH/c1-12-17(21-10-11-26-12)19(25)23-16-8-6-15(7-9-16)22-18(24)13-2-4-14(20)5-3-13;/h2-9,12,17,21H,10-11H2,1H3,(H,22,24)(H,23,25);1H/t12-,17+;/m1./s1. The van der Waals surface area contributed by atoms with Crippen molar-refractivity contribution in [2.24, 2.45) is 0 Å². The Balaban J connectivity index is 0.00000261. The zero-order chi connectivity index (χ0) is 18.5. The molecule has 1 aliphatic rings. The lowest BCUT2D eigenvalue weighted by Crippen LogP contribution is -2.53. The first-order valence-corrected chi connectivity index (χ1v) is 8.73. The molecule has 0 unspecified atom stereocenters. The molecule has 6 nitrogen and oxygen atoms in total. The van der Waals surface area contributed by atoms with Crippen LogP contribution in [0.15, 0.2) is 48.5 Å². The SMILES string of the molecule is C[C@H]1OCCN[C@@H]1C(=O)Nc1ccc(NC(=O)c2ccc(Cl)cc2)cc1.Cl. The number of halogens is 2. The zero-order valence-corrected chi connectivity index (χ0v) is 16.3. The van der Waals surface area contributed by atoms with Crippen LogP contribution in [0.25, 0.3) is 0 Å². The number of amides is 2. The van der Waals surface area contributed by atoms with Crippen LogP contribution in [-0.4, -0.2) is 37.1 Å². The highest BCUT2D eigenvalue weighted by molar-refractivity contribution is 6.30. The Labute approximate surface area is 169 Å². The van der Waals surface area contributed by atoms with Crippen molar-refractivity contribution in [2.75, 3.05) is 23.8 Å². The monoisotopic (exact) mass is 409 g/mol. The van der Waals surface area contributed by atoms with Crippen LogP contribution >= 0.6 is 24.0 Å². The molecule has 1 saturated heterocycles. The van der Waals surface area contributed by atoms with Crippen molar-refractivity contribution in [1.82, 2.24) is 5.32 Å². The van der Waals surface area contributed by atoms with Crippen molar-refractivity contribution in [2.45, 2.75) is 19.1 Å². The molecule has 2 amide bonds. The van der Waals surface area contributed by atoms with E-state index in [0.717, 1.165) is 0 Å². The van der Waals surface area contributed by atoms with Crippen LogP contribution in [-0.2, 0) is 9.53 Å². The first kappa shape index (κ1) is 21.2. The maximum atomic E-state index is 12.3.